The highest BCUT2D eigenvalue weighted by Crippen LogP contribution is 2.43. The average Bonchev–Trinajstić information content (AvgIpc) is 3.31. The van der Waals surface area contributed by atoms with Crippen molar-refractivity contribution in [1.29, 1.82) is 0 Å². The lowest BCUT2D eigenvalue weighted by Gasteiger charge is -2.14. The van der Waals surface area contributed by atoms with Crippen LogP contribution in [0.2, 0.25) is 0 Å². The number of amides is 1. The van der Waals surface area contributed by atoms with Gasteiger partial charge in [-0.25, -0.2) is 4.84 Å². The van der Waals surface area contributed by atoms with E-state index in [0.29, 0.717) is 52.1 Å². The Hall–Kier alpha value is -3.43. The van der Waals surface area contributed by atoms with Crippen molar-refractivity contribution >= 4 is 23.4 Å². The predicted octanol–water partition coefficient (Wildman–Crippen LogP) is 4.12. The summed E-state index contributed by atoms with van der Waals surface area (Å²) < 4.78 is 26.9. The van der Waals surface area contributed by atoms with Crippen LogP contribution >= 0.6 is 11.8 Å². The molecule has 0 unspecified atom stereocenters. The Morgan fingerprint density at radius 3 is 2.25 bits per heavy atom. The number of nitrogens with one attached hydrogen (secondary N) is 2. The van der Waals surface area contributed by atoms with Crippen LogP contribution < -0.4 is 29.1 Å². The SMILES string of the molecule is COc1ccc(-c2conc2-c2cc(OC)c(OC)c(OC)c2)cc1NC(=O)CCNCl. The molecule has 0 aliphatic rings. The number of nitrogens with zero attached hydrogens (tertiary/aromatic N) is 1. The Balaban J connectivity index is 2.03. The van der Waals surface area contributed by atoms with Gasteiger partial charge in [-0.3, -0.25) is 4.79 Å². The van der Waals surface area contributed by atoms with E-state index in [0.717, 1.165) is 5.56 Å². The van der Waals surface area contributed by atoms with Gasteiger partial charge in [0.25, 0.3) is 0 Å². The van der Waals surface area contributed by atoms with Gasteiger partial charge in [-0.1, -0.05) is 11.2 Å². The second kappa shape index (κ2) is 10.7. The first-order valence-electron chi connectivity index (χ1n) is 9.62. The number of rotatable bonds is 10. The molecule has 2 N–H and O–H groups in total. The van der Waals surface area contributed by atoms with Gasteiger partial charge in [-0.05, 0) is 41.6 Å². The normalized spacial score (nSPS) is 10.5. The van der Waals surface area contributed by atoms with Crippen molar-refractivity contribution in [2.75, 3.05) is 40.3 Å². The summed E-state index contributed by atoms with van der Waals surface area (Å²) in [7, 11) is 6.16. The highest BCUT2D eigenvalue weighted by atomic mass is 35.5. The van der Waals surface area contributed by atoms with Crippen molar-refractivity contribution < 1.29 is 28.3 Å². The van der Waals surface area contributed by atoms with Gasteiger partial charge in [-0.15, -0.1) is 0 Å². The van der Waals surface area contributed by atoms with Gasteiger partial charge in [-0.2, -0.15) is 0 Å². The van der Waals surface area contributed by atoms with Gasteiger partial charge in [0.05, 0.1) is 34.1 Å². The van der Waals surface area contributed by atoms with E-state index in [2.05, 4.69) is 15.3 Å². The van der Waals surface area contributed by atoms with E-state index in [4.69, 9.17) is 35.2 Å². The molecule has 10 heteroatoms. The summed E-state index contributed by atoms with van der Waals surface area (Å²) in [5, 5.41) is 7.01. The molecule has 3 aromatic rings. The van der Waals surface area contributed by atoms with Gasteiger partial charge in [0.1, 0.15) is 17.7 Å². The lowest BCUT2D eigenvalue weighted by molar-refractivity contribution is -0.116. The predicted molar refractivity (Wildman–Crippen MR) is 121 cm³/mol. The van der Waals surface area contributed by atoms with E-state index in [1.54, 1.807) is 38.5 Å². The molecular formula is C22H24ClN3O6. The molecule has 0 aliphatic carbocycles. The molecule has 32 heavy (non-hydrogen) atoms. The van der Waals surface area contributed by atoms with Crippen molar-refractivity contribution in [3.05, 3.63) is 36.6 Å². The molecule has 0 bridgehead atoms. The summed E-state index contributed by atoms with van der Waals surface area (Å²) in [5.41, 5.74) is 3.26. The van der Waals surface area contributed by atoms with Gasteiger partial charge in [0.15, 0.2) is 11.5 Å². The first-order chi connectivity index (χ1) is 15.6. The molecule has 0 atom stereocenters. The van der Waals surface area contributed by atoms with Gasteiger partial charge in [0, 0.05) is 24.1 Å². The Bertz CT molecular complexity index is 1060. The molecule has 170 valence electrons. The van der Waals surface area contributed by atoms with E-state index in [-0.39, 0.29) is 12.3 Å². The van der Waals surface area contributed by atoms with E-state index >= 15 is 0 Å². The van der Waals surface area contributed by atoms with Crippen molar-refractivity contribution in [2.24, 2.45) is 0 Å². The lowest BCUT2D eigenvalue weighted by atomic mass is 10.0. The molecule has 0 radical (unpaired) electrons. The molecule has 1 aromatic heterocycles. The Labute approximate surface area is 190 Å². The number of ether oxygens (including phenoxy) is 4. The maximum Gasteiger partial charge on any atom is 0.225 e. The number of aromatic nitrogens is 1. The first-order valence-corrected chi connectivity index (χ1v) is 10.0. The minimum absolute atomic E-state index is 0.205. The number of carbonyl (C=O) groups is 1. The van der Waals surface area contributed by atoms with E-state index < -0.39 is 0 Å². The highest BCUT2D eigenvalue weighted by molar-refractivity contribution is 6.13. The van der Waals surface area contributed by atoms with E-state index in [1.807, 2.05) is 6.07 Å². The fourth-order valence-corrected chi connectivity index (χ4v) is 3.31. The zero-order valence-electron chi connectivity index (χ0n) is 18.2. The third kappa shape index (κ3) is 4.90. The highest BCUT2D eigenvalue weighted by Gasteiger charge is 2.20. The van der Waals surface area contributed by atoms with Crippen LogP contribution in [0.5, 0.6) is 23.0 Å². The molecule has 2 aromatic carbocycles. The van der Waals surface area contributed by atoms with Crippen LogP contribution in [0.3, 0.4) is 0 Å². The quantitative estimate of drug-likeness (QED) is 0.434. The number of hydrogen-bond donors (Lipinski definition) is 2. The molecule has 0 saturated heterocycles. The molecular weight excluding hydrogens is 438 g/mol. The second-order valence-corrected chi connectivity index (χ2v) is 6.85. The molecule has 9 nitrogen and oxygen atoms in total. The number of hydrogen-bond acceptors (Lipinski definition) is 8. The summed E-state index contributed by atoms with van der Waals surface area (Å²) in [6.07, 6.45) is 1.74. The first kappa shape index (κ1) is 23.2. The van der Waals surface area contributed by atoms with Crippen molar-refractivity contribution in [3.8, 4) is 45.4 Å². The topological polar surface area (TPSA) is 104 Å². The van der Waals surface area contributed by atoms with Crippen LogP contribution in [0.1, 0.15) is 6.42 Å². The number of benzene rings is 2. The van der Waals surface area contributed by atoms with Crippen LogP contribution in [0, 0.1) is 0 Å². The second-order valence-electron chi connectivity index (χ2n) is 6.59. The molecule has 0 aliphatic heterocycles. The Morgan fingerprint density at radius 1 is 0.969 bits per heavy atom. The average molecular weight is 462 g/mol. The third-order valence-electron chi connectivity index (χ3n) is 4.74. The molecule has 1 heterocycles. The molecule has 1 amide bonds. The Kier molecular flexibility index (Phi) is 7.80. The zero-order chi connectivity index (χ0) is 23.1. The fourth-order valence-electron chi connectivity index (χ4n) is 3.21. The minimum Gasteiger partial charge on any atom is -0.495 e. The van der Waals surface area contributed by atoms with E-state index in [9.17, 15) is 4.79 Å². The largest absolute Gasteiger partial charge is 0.495 e. The van der Waals surface area contributed by atoms with Crippen LogP contribution in [-0.2, 0) is 4.79 Å². The lowest BCUT2D eigenvalue weighted by Crippen LogP contribution is -2.17. The molecule has 0 spiro atoms. The standard InChI is InChI=1S/C22H24ClN3O6/c1-28-17-6-5-13(9-16(17)25-20(27)7-8-24-23)15-12-32-26-21(15)14-10-18(29-2)22(31-4)19(11-14)30-3/h5-6,9-12,24H,7-8H2,1-4H3,(H,25,27). The number of methoxy groups -OCH3 is 4. The number of carbonyl (C=O) groups excluding carboxylic acids is 1. The maximum atomic E-state index is 12.2. The summed E-state index contributed by atoms with van der Waals surface area (Å²) in [6, 6.07) is 8.97. The van der Waals surface area contributed by atoms with Gasteiger partial charge in [0.2, 0.25) is 11.7 Å². The van der Waals surface area contributed by atoms with Crippen LogP contribution in [-0.4, -0.2) is 46.0 Å². The molecule has 3 rings (SSSR count). The van der Waals surface area contributed by atoms with Crippen molar-refractivity contribution in [3.63, 3.8) is 0 Å². The molecule has 0 saturated carbocycles. The van der Waals surface area contributed by atoms with Crippen LogP contribution in [0.4, 0.5) is 5.69 Å². The number of anilines is 1. The van der Waals surface area contributed by atoms with Crippen molar-refractivity contribution in [1.82, 2.24) is 9.99 Å². The summed E-state index contributed by atoms with van der Waals surface area (Å²) >= 11 is 5.44. The van der Waals surface area contributed by atoms with Crippen LogP contribution in [0.15, 0.2) is 41.1 Å². The number of halogens is 1. The van der Waals surface area contributed by atoms with Crippen LogP contribution in [0.25, 0.3) is 22.4 Å². The Morgan fingerprint density at radius 2 is 1.66 bits per heavy atom. The molecule has 0 fully saturated rings. The summed E-state index contributed by atoms with van der Waals surface area (Å²) in [4.78, 5) is 14.6. The minimum atomic E-state index is -0.205. The third-order valence-corrected chi connectivity index (χ3v) is 4.93. The van der Waals surface area contributed by atoms with Gasteiger partial charge < -0.3 is 28.8 Å². The van der Waals surface area contributed by atoms with E-state index in [1.165, 1.54) is 20.5 Å². The monoisotopic (exact) mass is 461 g/mol. The smallest absolute Gasteiger partial charge is 0.225 e. The fraction of sp³-hybridized carbons (Fsp3) is 0.273. The summed E-state index contributed by atoms with van der Waals surface area (Å²) in [6.45, 7) is 0.340. The van der Waals surface area contributed by atoms with Crippen molar-refractivity contribution in [2.45, 2.75) is 6.42 Å². The van der Waals surface area contributed by atoms with Gasteiger partial charge >= 0.3 is 0 Å². The summed E-state index contributed by atoms with van der Waals surface area (Å²) in [5.74, 6) is 1.78. The maximum absolute atomic E-state index is 12.2. The zero-order valence-corrected chi connectivity index (χ0v) is 18.9.